The van der Waals surface area contributed by atoms with Crippen LogP contribution in [0.4, 0.5) is 10.5 Å². The number of ether oxygens (including phenoxy) is 4. The summed E-state index contributed by atoms with van der Waals surface area (Å²) in [5.41, 5.74) is 1.03. The molecule has 39 heavy (non-hydrogen) atoms. The van der Waals surface area contributed by atoms with E-state index in [2.05, 4.69) is 21.2 Å². The van der Waals surface area contributed by atoms with E-state index in [-0.39, 0.29) is 34.4 Å². The van der Waals surface area contributed by atoms with Crippen molar-refractivity contribution in [2.45, 2.75) is 6.61 Å². The Bertz CT molecular complexity index is 1510. The smallest absolute Gasteiger partial charge is 0.336 e. The molecule has 0 atom stereocenters. The number of hydrogen-bond acceptors (Lipinski definition) is 7. The summed E-state index contributed by atoms with van der Waals surface area (Å²) in [6.45, 7) is 0.223. The highest BCUT2D eigenvalue weighted by atomic mass is 79.9. The molecule has 1 saturated heterocycles. The highest BCUT2D eigenvalue weighted by molar-refractivity contribution is 9.10. The fraction of sp³-hybridized carbons (Fsp3) is 0.148. The lowest BCUT2D eigenvalue weighted by Crippen LogP contribution is -2.54. The highest BCUT2D eigenvalue weighted by Crippen LogP contribution is 2.40. The van der Waals surface area contributed by atoms with Gasteiger partial charge in [0.25, 0.3) is 11.8 Å². The fourth-order valence-electron chi connectivity index (χ4n) is 3.81. The quantitative estimate of drug-likeness (QED) is 0.238. The first-order valence-corrected chi connectivity index (χ1v) is 12.8. The molecule has 0 aromatic heterocycles. The molecule has 0 saturated carbocycles. The number of methoxy groups -OCH3 is 3. The molecule has 0 unspecified atom stereocenters. The zero-order chi connectivity index (χ0) is 28.3. The van der Waals surface area contributed by atoms with Crippen LogP contribution >= 0.6 is 39.1 Å². The van der Waals surface area contributed by atoms with Crippen molar-refractivity contribution in [2.75, 3.05) is 26.2 Å². The molecule has 1 heterocycles. The number of carbonyl (C=O) groups is 3. The molecule has 0 spiro atoms. The van der Waals surface area contributed by atoms with Crippen LogP contribution in [0.1, 0.15) is 11.1 Å². The summed E-state index contributed by atoms with van der Waals surface area (Å²) in [4.78, 5) is 39.7. The van der Waals surface area contributed by atoms with Gasteiger partial charge < -0.3 is 18.9 Å². The molecule has 0 aliphatic carbocycles. The first-order valence-electron chi connectivity index (χ1n) is 11.2. The van der Waals surface area contributed by atoms with Crippen molar-refractivity contribution >= 4 is 68.7 Å². The van der Waals surface area contributed by atoms with Gasteiger partial charge in [0.05, 0.1) is 36.5 Å². The Labute approximate surface area is 242 Å². The third-order valence-electron chi connectivity index (χ3n) is 5.63. The number of halogens is 3. The maximum absolute atomic E-state index is 13.5. The van der Waals surface area contributed by atoms with E-state index < -0.39 is 17.8 Å². The van der Waals surface area contributed by atoms with E-state index in [0.29, 0.717) is 26.6 Å². The molecule has 0 bridgehead atoms. The molecular weight excluding hydrogens is 615 g/mol. The minimum Gasteiger partial charge on any atom is -0.495 e. The Balaban J connectivity index is 1.69. The van der Waals surface area contributed by atoms with Gasteiger partial charge in [0.15, 0.2) is 11.5 Å². The molecule has 1 N–H and O–H groups in total. The molecule has 3 aromatic rings. The second-order valence-electron chi connectivity index (χ2n) is 8.07. The number of imide groups is 2. The Kier molecular flexibility index (Phi) is 8.69. The number of hydrogen-bond donors (Lipinski definition) is 1. The largest absolute Gasteiger partial charge is 0.495 e. The van der Waals surface area contributed by atoms with E-state index in [0.717, 1.165) is 10.5 Å². The number of amides is 4. The van der Waals surface area contributed by atoms with E-state index >= 15 is 0 Å². The molecule has 4 rings (SSSR count). The molecule has 12 heteroatoms. The van der Waals surface area contributed by atoms with Crippen molar-refractivity contribution in [1.82, 2.24) is 5.32 Å². The van der Waals surface area contributed by atoms with E-state index in [1.165, 1.54) is 39.5 Å². The SMILES string of the molecule is COc1cc(N2C(=O)NC(=O)/C(=C\c3cc(Br)c(OCc4cccc(Cl)c4)c(OC)c3)C2=O)c(OC)cc1Cl. The second-order valence-corrected chi connectivity index (χ2v) is 9.77. The van der Waals surface area contributed by atoms with Crippen molar-refractivity contribution < 1.29 is 33.3 Å². The maximum Gasteiger partial charge on any atom is 0.336 e. The first kappa shape index (κ1) is 28.3. The average Bonchev–Trinajstić information content (AvgIpc) is 2.90. The Morgan fingerprint density at radius 1 is 0.923 bits per heavy atom. The molecule has 1 aliphatic rings. The standard InChI is InChI=1S/C27H21BrCl2N2O7/c1-36-21-12-20(22(37-2)11-19(21)30)32-26(34)17(25(33)31-27(32)35)8-15-9-18(28)24(23(10-15)38-3)39-13-14-5-4-6-16(29)7-14/h4-12H,13H2,1-3H3,(H,31,33,35)/b17-8+. The average molecular weight is 636 g/mol. The van der Waals surface area contributed by atoms with Crippen LogP contribution in [0, 0.1) is 0 Å². The topological polar surface area (TPSA) is 103 Å². The van der Waals surface area contributed by atoms with Crippen LogP contribution < -0.4 is 29.2 Å². The number of benzene rings is 3. The fourth-order valence-corrected chi connectivity index (χ4v) is 4.83. The zero-order valence-corrected chi connectivity index (χ0v) is 23.9. The van der Waals surface area contributed by atoms with Crippen molar-refractivity contribution in [3.05, 3.63) is 79.7 Å². The van der Waals surface area contributed by atoms with Gasteiger partial charge in [0.2, 0.25) is 0 Å². The van der Waals surface area contributed by atoms with Gasteiger partial charge >= 0.3 is 6.03 Å². The van der Waals surface area contributed by atoms with Crippen LogP contribution in [0.3, 0.4) is 0 Å². The lowest BCUT2D eigenvalue weighted by Gasteiger charge is -2.28. The summed E-state index contributed by atoms with van der Waals surface area (Å²) in [6.07, 6.45) is 1.34. The first-order chi connectivity index (χ1) is 18.7. The van der Waals surface area contributed by atoms with Crippen LogP contribution in [0.2, 0.25) is 10.0 Å². The van der Waals surface area contributed by atoms with Crippen molar-refractivity contribution in [1.29, 1.82) is 0 Å². The van der Waals surface area contributed by atoms with Gasteiger partial charge in [-0.15, -0.1) is 0 Å². The third-order valence-corrected chi connectivity index (χ3v) is 6.75. The van der Waals surface area contributed by atoms with E-state index in [4.69, 9.17) is 42.1 Å². The number of nitrogens with one attached hydrogen (secondary N) is 1. The number of nitrogens with zero attached hydrogens (tertiary/aromatic N) is 1. The van der Waals surface area contributed by atoms with E-state index in [9.17, 15) is 14.4 Å². The van der Waals surface area contributed by atoms with Crippen LogP contribution in [0.15, 0.2) is 58.6 Å². The second kappa shape index (κ2) is 12.0. The molecule has 1 aliphatic heterocycles. The summed E-state index contributed by atoms with van der Waals surface area (Å²) in [6, 6.07) is 12.3. The predicted octanol–water partition coefficient (Wildman–Crippen LogP) is 6.03. The Morgan fingerprint density at radius 3 is 2.31 bits per heavy atom. The summed E-state index contributed by atoms with van der Waals surface area (Å²) >= 11 is 15.7. The van der Waals surface area contributed by atoms with E-state index in [1.54, 1.807) is 24.3 Å². The molecule has 9 nitrogen and oxygen atoms in total. The van der Waals surface area contributed by atoms with Crippen LogP contribution in [-0.2, 0) is 16.2 Å². The number of carbonyl (C=O) groups excluding carboxylic acids is 3. The number of rotatable bonds is 8. The third kappa shape index (κ3) is 5.98. The van der Waals surface area contributed by atoms with Gasteiger partial charge in [-0.25, -0.2) is 9.69 Å². The monoisotopic (exact) mass is 634 g/mol. The Morgan fingerprint density at radius 2 is 1.64 bits per heavy atom. The molecule has 202 valence electrons. The maximum atomic E-state index is 13.5. The van der Waals surface area contributed by atoms with Gasteiger partial charge in [0.1, 0.15) is 23.7 Å². The van der Waals surface area contributed by atoms with Crippen molar-refractivity contribution in [2.24, 2.45) is 0 Å². The summed E-state index contributed by atoms with van der Waals surface area (Å²) in [5, 5.41) is 2.98. The van der Waals surface area contributed by atoms with Gasteiger partial charge in [-0.3, -0.25) is 14.9 Å². The number of barbiturate groups is 1. The lowest BCUT2D eigenvalue weighted by molar-refractivity contribution is -0.122. The van der Waals surface area contributed by atoms with Crippen LogP contribution in [-0.4, -0.2) is 39.2 Å². The number of anilines is 1. The minimum atomic E-state index is -0.951. The van der Waals surface area contributed by atoms with E-state index in [1.807, 2.05) is 12.1 Å². The van der Waals surface area contributed by atoms with Crippen LogP contribution in [0.25, 0.3) is 6.08 Å². The summed E-state index contributed by atoms with van der Waals surface area (Å²) < 4.78 is 22.5. The summed E-state index contributed by atoms with van der Waals surface area (Å²) in [5.74, 6) is -0.644. The summed E-state index contributed by atoms with van der Waals surface area (Å²) in [7, 11) is 4.21. The molecule has 0 radical (unpaired) electrons. The lowest BCUT2D eigenvalue weighted by atomic mass is 10.1. The molecule has 4 amide bonds. The van der Waals surface area contributed by atoms with Crippen LogP contribution in [0.5, 0.6) is 23.0 Å². The normalized spacial score (nSPS) is 14.4. The minimum absolute atomic E-state index is 0.0446. The van der Waals surface area contributed by atoms with Crippen molar-refractivity contribution in [3.8, 4) is 23.0 Å². The van der Waals surface area contributed by atoms with Gasteiger partial charge in [0, 0.05) is 17.2 Å². The molecule has 3 aromatic carbocycles. The van der Waals surface area contributed by atoms with Gasteiger partial charge in [-0.1, -0.05) is 35.3 Å². The Hall–Kier alpha value is -3.73. The predicted molar refractivity (Wildman–Crippen MR) is 150 cm³/mol. The molecular formula is C27H21BrCl2N2O7. The highest BCUT2D eigenvalue weighted by Gasteiger charge is 2.38. The molecule has 1 fully saturated rings. The van der Waals surface area contributed by atoms with Gasteiger partial charge in [-0.05, 0) is 57.4 Å². The van der Waals surface area contributed by atoms with Gasteiger partial charge in [-0.2, -0.15) is 0 Å². The zero-order valence-electron chi connectivity index (χ0n) is 20.8. The number of urea groups is 1. The van der Waals surface area contributed by atoms with Crippen molar-refractivity contribution in [3.63, 3.8) is 0 Å².